The summed E-state index contributed by atoms with van der Waals surface area (Å²) in [5.74, 6) is -2.14. The standard InChI is InChI=1S/C17H20F3NO6/c1-16(2,3)27-15(24)12(22)13-14(23)21(8-9-25-13)10-4-6-11(7-5-10)26-17(18,19)20/h4-7,12-13,22H,8-9H2,1-3H3/t12-,13-/m1/s1. The first-order valence-electron chi connectivity index (χ1n) is 8.07. The first-order valence-corrected chi connectivity index (χ1v) is 8.07. The Morgan fingerprint density at radius 3 is 2.37 bits per heavy atom. The summed E-state index contributed by atoms with van der Waals surface area (Å²) in [4.78, 5) is 25.8. The van der Waals surface area contributed by atoms with E-state index in [4.69, 9.17) is 9.47 Å². The molecule has 1 fully saturated rings. The van der Waals surface area contributed by atoms with Crippen molar-refractivity contribution in [2.75, 3.05) is 18.1 Å². The summed E-state index contributed by atoms with van der Waals surface area (Å²) in [6.07, 6.45) is -8.12. The van der Waals surface area contributed by atoms with Crippen LogP contribution in [0.1, 0.15) is 20.8 Å². The third kappa shape index (κ3) is 5.83. The third-order valence-electron chi connectivity index (χ3n) is 3.44. The van der Waals surface area contributed by atoms with Crippen LogP contribution in [0.3, 0.4) is 0 Å². The van der Waals surface area contributed by atoms with Gasteiger partial charge >= 0.3 is 12.3 Å². The lowest BCUT2D eigenvalue weighted by Crippen LogP contribution is -2.55. The van der Waals surface area contributed by atoms with Crippen molar-refractivity contribution in [1.29, 1.82) is 0 Å². The third-order valence-corrected chi connectivity index (χ3v) is 3.44. The summed E-state index contributed by atoms with van der Waals surface area (Å²) in [6, 6.07) is 4.65. The molecule has 150 valence electrons. The van der Waals surface area contributed by atoms with Crippen LogP contribution in [-0.2, 0) is 19.1 Å². The van der Waals surface area contributed by atoms with Crippen molar-refractivity contribution in [3.8, 4) is 5.75 Å². The average molecular weight is 391 g/mol. The summed E-state index contributed by atoms with van der Waals surface area (Å²) in [6.45, 7) is 4.96. The van der Waals surface area contributed by atoms with E-state index in [-0.39, 0.29) is 18.8 Å². The molecule has 0 radical (unpaired) electrons. The molecule has 10 heteroatoms. The van der Waals surface area contributed by atoms with Gasteiger partial charge in [0.05, 0.1) is 6.61 Å². The molecule has 1 aromatic rings. The predicted octanol–water partition coefficient (Wildman–Crippen LogP) is 2.02. The summed E-state index contributed by atoms with van der Waals surface area (Å²) in [5, 5.41) is 10.1. The molecule has 0 spiro atoms. The summed E-state index contributed by atoms with van der Waals surface area (Å²) in [5.41, 5.74) is -0.580. The first-order chi connectivity index (χ1) is 12.4. The number of hydrogen-bond acceptors (Lipinski definition) is 6. The van der Waals surface area contributed by atoms with E-state index in [1.54, 1.807) is 20.8 Å². The summed E-state index contributed by atoms with van der Waals surface area (Å²) >= 11 is 0. The van der Waals surface area contributed by atoms with E-state index in [0.717, 1.165) is 12.1 Å². The van der Waals surface area contributed by atoms with E-state index in [1.165, 1.54) is 17.0 Å². The molecule has 2 rings (SSSR count). The number of nitrogens with zero attached hydrogens (tertiary/aromatic N) is 1. The highest BCUT2D eigenvalue weighted by atomic mass is 19.4. The van der Waals surface area contributed by atoms with Crippen molar-refractivity contribution >= 4 is 17.6 Å². The molecule has 0 bridgehead atoms. The Morgan fingerprint density at radius 2 is 1.85 bits per heavy atom. The van der Waals surface area contributed by atoms with Gasteiger partial charge in [-0.3, -0.25) is 4.79 Å². The molecule has 27 heavy (non-hydrogen) atoms. The van der Waals surface area contributed by atoms with Crippen LogP contribution in [0.15, 0.2) is 24.3 Å². The number of morpholine rings is 1. The van der Waals surface area contributed by atoms with Crippen LogP contribution in [0, 0.1) is 0 Å². The topological polar surface area (TPSA) is 85.3 Å². The van der Waals surface area contributed by atoms with Crippen LogP contribution in [0.5, 0.6) is 5.75 Å². The molecular weight excluding hydrogens is 371 g/mol. The van der Waals surface area contributed by atoms with Gasteiger partial charge in [0.1, 0.15) is 11.4 Å². The molecule has 0 saturated carbocycles. The maximum Gasteiger partial charge on any atom is 0.573 e. The normalized spacial score (nSPS) is 19.6. The van der Waals surface area contributed by atoms with E-state index in [0.29, 0.717) is 0 Å². The Kier molecular flexibility index (Phi) is 6.01. The molecule has 1 aliphatic rings. The number of ether oxygens (including phenoxy) is 3. The number of benzene rings is 1. The van der Waals surface area contributed by atoms with Crippen LogP contribution in [0.2, 0.25) is 0 Å². The van der Waals surface area contributed by atoms with Crippen molar-refractivity contribution in [2.24, 2.45) is 0 Å². The largest absolute Gasteiger partial charge is 0.573 e. The average Bonchev–Trinajstić information content (AvgIpc) is 2.52. The second kappa shape index (κ2) is 7.73. The number of amides is 1. The van der Waals surface area contributed by atoms with Gasteiger partial charge in [0, 0.05) is 12.2 Å². The van der Waals surface area contributed by atoms with Crippen molar-refractivity contribution in [3.63, 3.8) is 0 Å². The van der Waals surface area contributed by atoms with Crippen LogP contribution in [0.4, 0.5) is 18.9 Å². The molecule has 0 aromatic heterocycles. The van der Waals surface area contributed by atoms with E-state index in [1.807, 2.05) is 0 Å². The number of halogens is 3. The first kappa shape index (κ1) is 21.0. The van der Waals surface area contributed by atoms with Gasteiger partial charge in [-0.25, -0.2) is 4.79 Å². The highest BCUT2D eigenvalue weighted by Crippen LogP contribution is 2.27. The highest BCUT2D eigenvalue weighted by Gasteiger charge is 2.41. The zero-order chi connectivity index (χ0) is 20.4. The monoisotopic (exact) mass is 391 g/mol. The SMILES string of the molecule is CC(C)(C)OC(=O)[C@H](O)[C@H]1OCCN(c2ccc(OC(F)(F)F)cc2)C1=O. The quantitative estimate of drug-likeness (QED) is 0.791. The number of hydrogen-bond donors (Lipinski definition) is 1. The van der Waals surface area contributed by atoms with Gasteiger partial charge < -0.3 is 24.2 Å². The Labute approximate surface area is 153 Å². The van der Waals surface area contributed by atoms with Crippen LogP contribution in [0.25, 0.3) is 0 Å². The number of carbonyl (C=O) groups is 2. The van der Waals surface area contributed by atoms with Crippen molar-refractivity contribution in [2.45, 2.75) is 44.9 Å². The molecule has 2 atom stereocenters. The van der Waals surface area contributed by atoms with Crippen molar-refractivity contribution in [3.05, 3.63) is 24.3 Å². The number of esters is 1. The Morgan fingerprint density at radius 1 is 1.26 bits per heavy atom. The number of aliphatic hydroxyl groups is 1. The van der Waals surface area contributed by atoms with E-state index < -0.39 is 41.8 Å². The minimum absolute atomic E-state index is 0.0249. The van der Waals surface area contributed by atoms with Gasteiger partial charge in [-0.1, -0.05) is 0 Å². The minimum atomic E-state index is -4.82. The van der Waals surface area contributed by atoms with Gasteiger partial charge in [0.25, 0.3) is 5.91 Å². The maximum absolute atomic E-state index is 12.6. The van der Waals surface area contributed by atoms with Crippen LogP contribution >= 0.6 is 0 Å². The lowest BCUT2D eigenvalue weighted by molar-refractivity contribution is -0.274. The lowest BCUT2D eigenvalue weighted by Gasteiger charge is -2.34. The fraction of sp³-hybridized carbons (Fsp3) is 0.529. The number of alkyl halides is 3. The van der Waals surface area contributed by atoms with Crippen LogP contribution < -0.4 is 9.64 Å². The summed E-state index contributed by atoms with van der Waals surface area (Å²) < 4.78 is 50.7. The maximum atomic E-state index is 12.6. The van der Waals surface area contributed by atoms with Gasteiger partial charge in [-0.05, 0) is 45.0 Å². The van der Waals surface area contributed by atoms with Gasteiger partial charge in [-0.15, -0.1) is 13.2 Å². The number of carbonyl (C=O) groups excluding carboxylic acids is 2. The Bertz CT molecular complexity index is 683. The predicted molar refractivity (Wildman–Crippen MR) is 87.1 cm³/mol. The molecule has 1 heterocycles. The molecule has 7 nitrogen and oxygen atoms in total. The number of aliphatic hydroxyl groups excluding tert-OH is 1. The van der Waals surface area contributed by atoms with Gasteiger partial charge in [0.15, 0.2) is 12.2 Å². The highest BCUT2D eigenvalue weighted by molar-refractivity contribution is 6.00. The molecule has 1 N–H and O–H groups in total. The Balaban J connectivity index is 2.11. The van der Waals surface area contributed by atoms with Gasteiger partial charge in [0.2, 0.25) is 0 Å². The minimum Gasteiger partial charge on any atom is -0.458 e. The number of rotatable bonds is 4. The zero-order valence-electron chi connectivity index (χ0n) is 14.9. The van der Waals surface area contributed by atoms with E-state index >= 15 is 0 Å². The fourth-order valence-electron chi connectivity index (χ4n) is 2.40. The van der Waals surface area contributed by atoms with Crippen molar-refractivity contribution < 1.29 is 42.1 Å². The van der Waals surface area contributed by atoms with Crippen molar-refractivity contribution in [1.82, 2.24) is 0 Å². The second-order valence-corrected chi connectivity index (χ2v) is 6.80. The molecule has 1 aliphatic heterocycles. The van der Waals surface area contributed by atoms with Gasteiger partial charge in [-0.2, -0.15) is 0 Å². The molecule has 1 amide bonds. The Hall–Kier alpha value is -2.33. The molecule has 0 aliphatic carbocycles. The summed E-state index contributed by atoms with van der Waals surface area (Å²) in [7, 11) is 0. The lowest BCUT2D eigenvalue weighted by atomic mass is 10.1. The molecule has 0 unspecified atom stereocenters. The van der Waals surface area contributed by atoms with E-state index in [2.05, 4.69) is 4.74 Å². The second-order valence-electron chi connectivity index (χ2n) is 6.80. The number of anilines is 1. The molecule has 1 saturated heterocycles. The van der Waals surface area contributed by atoms with Crippen LogP contribution in [-0.4, -0.2) is 54.3 Å². The smallest absolute Gasteiger partial charge is 0.458 e. The van der Waals surface area contributed by atoms with E-state index in [9.17, 15) is 27.9 Å². The zero-order valence-corrected chi connectivity index (χ0v) is 14.9. The fourth-order valence-corrected chi connectivity index (χ4v) is 2.40. The molecule has 1 aromatic carbocycles. The molecular formula is C17H20F3NO6.